The monoisotopic (exact) mass is 474 g/mol. The SMILES string of the molecule is C#C.COCCCc1cc(-c2nc(C(/C=C\CC(C)=O)=C/CF)no2)ccc1-c1ccccc1C. The summed E-state index contributed by atoms with van der Waals surface area (Å²) in [5.41, 5.74) is 6.00. The molecular formula is C29H31FN2O3. The smallest absolute Gasteiger partial charge is 0.258 e. The second kappa shape index (κ2) is 14.4. The molecule has 0 saturated carbocycles. The van der Waals surface area contributed by atoms with E-state index in [1.54, 1.807) is 19.3 Å². The molecule has 0 bridgehead atoms. The van der Waals surface area contributed by atoms with Crippen LogP contribution in [0.25, 0.3) is 28.2 Å². The highest BCUT2D eigenvalue weighted by Crippen LogP contribution is 2.31. The Morgan fingerprint density at radius 1 is 1.17 bits per heavy atom. The van der Waals surface area contributed by atoms with E-state index in [9.17, 15) is 9.18 Å². The highest BCUT2D eigenvalue weighted by molar-refractivity contribution is 5.79. The molecule has 0 atom stereocenters. The summed E-state index contributed by atoms with van der Waals surface area (Å²) in [7, 11) is 1.70. The van der Waals surface area contributed by atoms with Crippen molar-refractivity contribution in [1.29, 1.82) is 0 Å². The summed E-state index contributed by atoms with van der Waals surface area (Å²) < 4.78 is 23.8. The molecular weight excluding hydrogens is 443 g/mol. The van der Waals surface area contributed by atoms with Gasteiger partial charge in [0.05, 0.1) is 0 Å². The Balaban J connectivity index is 0.00000210. The largest absolute Gasteiger partial charge is 0.385 e. The quantitative estimate of drug-likeness (QED) is 0.182. The van der Waals surface area contributed by atoms with E-state index < -0.39 is 6.67 Å². The van der Waals surface area contributed by atoms with Crippen molar-refractivity contribution >= 4 is 11.4 Å². The van der Waals surface area contributed by atoms with Crippen molar-refractivity contribution in [2.24, 2.45) is 0 Å². The summed E-state index contributed by atoms with van der Waals surface area (Å²) in [6.07, 6.45) is 14.7. The van der Waals surface area contributed by atoms with Crippen LogP contribution in [-0.2, 0) is 16.0 Å². The zero-order valence-corrected chi connectivity index (χ0v) is 20.5. The average molecular weight is 475 g/mol. The molecule has 1 heterocycles. The van der Waals surface area contributed by atoms with Crippen LogP contribution >= 0.6 is 0 Å². The number of allylic oxidation sites excluding steroid dienone is 4. The second-order valence-electron chi connectivity index (χ2n) is 7.83. The predicted octanol–water partition coefficient (Wildman–Crippen LogP) is 6.43. The van der Waals surface area contributed by atoms with Gasteiger partial charge in [0, 0.05) is 31.3 Å². The van der Waals surface area contributed by atoms with Crippen molar-refractivity contribution < 1.29 is 18.4 Å². The number of aryl methyl sites for hydroxylation is 2. The van der Waals surface area contributed by atoms with Gasteiger partial charge >= 0.3 is 0 Å². The molecule has 0 N–H and O–H groups in total. The molecule has 2 aromatic carbocycles. The van der Waals surface area contributed by atoms with Gasteiger partial charge < -0.3 is 9.26 Å². The number of Topliss-reactive ketones (excluding diaryl/α,β-unsaturated/α-hetero) is 1. The molecule has 0 fully saturated rings. The lowest BCUT2D eigenvalue weighted by Gasteiger charge is -2.13. The van der Waals surface area contributed by atoms with Crippen LogP contribution in [0.4, 0.5) is 4.39 Å². The molecule has 0 amide bonds. The summed E-state index contributed by atoms with van der Waals surface area (Å²) in [4.78, 5) is 15.7. The van der Waals surface area contributed by atoms with E-state index in [-0.39, 0.29) is 18.0 Å². The number of carbonyl (C=O) groups excluding carboxylic acids is 1. The fourth-order valence-electron chi connectivity index (χ4n) is 3.61. The molecule has 0 aliphatic heterocycles. The first-order valence-corrected chi connectivity index (χ1v) is 11.3. The number of ketones is 1. The van der Waals surface area contributed by atoms with E-state index in [1.165, 1.54) is 29.7 Å². The molecule has 0 aliphatic rings. The maximum Gasteiger partial charge on any atom is 0.258 e. The lowest BCUT2D eigenvalue weighted by Crippen LogP contribution is -1.97. The van der Waals surface area contributed by atoms with Gasteiger partial charge in [0.1, 0.15) is 12.5 Å². The topological polar surface area (TPSA) is 65.2 Å². The number of hydrogen-bond acceptors (Lipinski definition) is 5. The summed E-state index contributed by atoms with van der Waals surface area (Å²) in [6.45, 7) is 3.61. The molecule has 0 radical (unpaired) electrons. The third-order valence-corrected chi connectivity index (χ3v) is 5.27. The number of halogens is 1. The lowest BCUT2D eigenvalue weighted by atomic mass is 9.92. The van der Waals surface area contributed by atoms with Gasteiger partial charge in [-0.1, -0.05) is 47.6 Å². The number of aromatic nitrogens is 2. The van der Waals surface area contributed by atoms with Gasteiger partial charge in [-0.15, -0.1) is 12.8 Å². The van der Waals surface area contributed by atoms with Gasteiger partial charge in [-0.05, 0) is 67.2 Å². The molecule has 0 saturated heterocycles. The third kappa shape index (κ3) is 7.87. The standard InChI is InChI=1S/C27H29FN2O3.C2H2/c1-19-8-4-5-12-24(19)25-14-13-23(18-22(25)11-7-17-32-3)27-29-26(30-33-27)21(15-16-28)10-6-9-20(2)31;1-2/h4-6,8,10,12-15,18H,7,9,11,16-17H2,1-3H3;1-2H/b10-6-,21-15+;. The minimum atomic E-state index is -0.668. The van der Waals surface area contributed by atoms with Crippen molar-refractivity contribution in [2.45, 2.75) is 33.1 Å². The van der Waals surface area contributed by atoms with E-state index in [4.69, 9.17) is 9.26 Å². The first-order valence-electron chi connectivity index (χ1n) is 11.3. The van der Waals surface area contributed by atoms with Gasteiger partial charge in [-0.25, -0.2) is 4.39 Å². The predicted molar refractivity (Wildman–Crippen MR) is 138 cm³/mol. The van der Waals surface area contributed by atoms with Gasteiger partial charge in [0.15, 0.2) is 0 Å². The van der Waals surface area contributed by atoms with Crippen LogP contribution in [0.3, 0.4) is 0 Å². The van der Waals surface area contributed by atoms with Crippen molar-refractivity contribution in [3.63, 3.8) is 0 Å². The van der Waals surface area contributed by atoms with Crippen LogP contribution in [-0.4, -0.2) is 36.3 Å². The van der Waals surface area contributed by atoms with Crippen molar-refractivity contribution in [2.75, 3.05) is 20.4 Å². The van der Waals surface area contributed by atoms with Gasteiger partial charge in [0.2, 0.25) is 5.82 Å². The summed E-state index contributed by atoms with van der Waals surface area (Å²) in [6, 6.07) is 14.4. The van der Waals surface area contributed by atoms with Gasteiger partial charge in [-0.3, -0.25) is 4.79 Å². The maximum absolute atomic E-state index is 13.0. The number of hydrogen-bond donors (Lipinski definition) is 0. The van der Waals surface area contributed by atoms with E-state index in [0.717, 1.165) is 24.0 Å². The number of rotatable bonds is 11. The zero-order valence-electron chi connectivity index (χ0n) is 20.5. The van der Waals surface area contributed by atoms with Crippen LogP contribution in [0.1, 0.15) is 36.7 Å². The minimum Gasteiger partial charge on any atom is -0.385 e. The molecule has 1 aromatic heterocycles. The number of benzene rings is 2. The van der Waals surface area contributed by atoms with Gasteiger partial charge in [0.25, 0.3) is 5.89 Å². The molecule has 3 rings (SSSR count). The van der Waals surface area contributed by atoms with E-state index >= 15 is 0 Å². The fraction of sp³-hybridized carbons (Fsp3) is 0.276. The Morgan fingerprint density at radius 2 is 1.94 bits per heavy atom. The lowest BCUT2D eigenvalue weighted by molar-refractivity contribution is -0.116. The van der Waals surface area contributed by atoms with E-state index in [1.807, 2.05) is 18.2 Å². The van der Waals surface area contributed by atoms with Gasteiger partial charge in [-0.2, -0.15) is 4.98 Å². The molecule has 6 heteroatoms. The highest BCUT2D eigenvalue weighted by Gasteiger charge is 2.15. The Hall–Kier alpha value is -3.82. The summed E-state index contributed by atoms with van der Waals surface area (Å²) in [5, 5.41) is 4.03. The maximum atomic E-state index is 13.0. The Morgan fingerprint density at radius 3 is 2.63 bits per heavy atom. The molecule has 0 aliphatic carbocycles. The number of ether oxygens (including phenoxy) is 1. The van der Waals surface area contributed by atoms with Crippen molar-refractivity contribution in [1.82, 2.24) is 10.1 Å². The van der Waals surface area contributed by atoms with E-state index in [2.05, 4.69) is 54.2 Å². The molecule has 0 spiro atoms. The van der Waals surface area contributed by atoms with E-state index in [0.29, 0.717) is 18.1 Å². The molecule has 182 valence electrons. The normalized spacial score (nSPS) is 11.3. The number of carbonyl (C=O) groups is 1. The molecule has 35 heavy (non-hydrogen) atoms. The first-order chi connectivity index (χ1) is 17.0. The first kappa shape index (κ1) is 27.4. The van der Waals surface area contributed by atoms with Crippen molar-refractivity contribution in [3.8, 4) is 35.4 Å². The van der Waals surface area contributed by atoms with Crippen LogP contribution < -0.4 is 0 Å². The fourth-order valence-corrected chi connectivity index (χ4v) is 3.61. The molecule has 3 aromatic rings. The van der Waals surface area contributed by atoms with Crippen LogP contribution in [0.2, 0.25) is 0 Å². The number of nitrogens with zero attached hydrogens (tertiary/aromatic N) is 2. The van der Waals surface area contributed by atoms with Crippen LogP contribution in [0.15, 0.2) is 65.2 Å². The summed E-state index contributed by atoms with van der Waals surface area (Å²) in [5.74, 6) is 0.666. The van der Waals surface area contributed by atoms with Crippen LogP contribution in [0.5, 0.6) is 0 Å². The highest BCUT2D eigenvalue weighted by atomic mass is 19.1. The van der Waals surface area contributed by atoms with Crippen LogP contribution in [0, 0.1) is 19.8 Å². The average Bonchev–Trinajstić information content (AvgIpc) is 3.35. The Labute approximate surface area is 206 Å². The zero-order chi connectivity index (χ0) is 25.6. The number of methoxy groups -OCH3 is 1. The minimum absolute atomic E-state index is 0.0226. The Kier molecular flexibility index (Phi) is 11.3. The van der Waals surface area contributed by atoms with Crippen molar-refractivity contribution in [3.05, 3.63) is 77.6 Å². The molecule has 0 unspecified atom stereocenters. The second-order valence-corrected chi connectivity index (χ2v) is 7.83. The number of terminal acetylenes is 1. The Bertz CT molecular complexity index is 1190. The molecule has 5 nitrogen and oxygen atoms in total. The summed E-state index contributed by atoms with van der Waals surface area (Å²) >= 11 is 0. The third-order valence-electron chi connectivity index (χ3n) is 5.27. The number of alkyl halides is 1.